The van der Waals surface area contributed by atoms with E-state index in [2.05, 4.69) is 26.6 Å². The highest BCUT2D eigenvalue weighted by Crippen LogP contribution is 2.22. The van der Waals surface area contributed by atoms with Gasteiger partial charge in [0, 0.05) is 24.8 Å². The molecule has 0 aliphatic carbocycles. The van der Waals surface area contributed by atoms with Gasteiger partial charge in [-0.2, -0.15) is 15.0 Å². The van der Waals surface area contributed by atoms with E-state index in [9.17, 15) is 4.79 Å². The van der Waals surface area contributed by atoms with Crippen LogP contribution in [0.1, 0.15) is 11.7 Å². The van der Waals surface area contributed by atoms with Gasteiger partial charge >= 0.3 is 0 Å². The largest absolute Gasteiger partial charge is 0.338 e. The number of aromatic nitrogens is 7. The molecule has 136 valence electrons. The topological polar surface area (TPSA) is 86.7 Å². The molecule has 5 rings (SSSR count). The van der Waals surface area contributed by atoms with Gasteiger partial charge in [-0.3, -0.25) is 4.79 Å². The average Bonchev–Trinajstić information content (AvgIpc) is 3.37. The minimum atomic E-state index is 0.119. The Bertz CT molecular complexity index is 1070. The fourth-order valence-electron chi connectivity index (χ4n) is 3.38. The molecule has 0 spiro atoms. The molecule has 1 aliphatic heterocycles. The number of carbonyl (C=O) groups excluding carboxylic acids is 1. The summed E-state index contributed by atoms with van der Waals surface area (Å²) in [5, 5.41) is 17.6. The number of likely N-dealkylation sites (tertiary alicyclic amines) is 1. The SMILES string of the molecule is O=C(Cn1ccc2ccccc21)N1CC(n2cc(Cn3nccn3)nn2)C1. The Balaban J connectivity index is 1.19. The summed E-state index contributed by atoms with van der Waals surface area (Å²) in [6, 6.07) is 10.3. The Morgan fingerprint density at radius 1 is 1.11 bits per heavy atom. The molecule has 0 bridgehead atoms. The lowest BCUT2D eigenvalue weighted by atomic mass is 10.1. The third-order valence-electron chi connectivity index (χ3n) is 4.90. The van der Waals surface area contributed by atoms with Gasteiger partial charge < -0.3 is 9.47 Å². The molecule has 0 atom stereocenters. The Hall–Kier alpha value is -3.49. The van der Waals surface area contributed by atoms with Crippen LogP contribution in [0.25, 0.3) is 10.9 Å². The van der Waals surface area contributed by atoms with Crippen molar-refractivity contribution in [3.05, 3.63) is 60.8 Å². The predicted octanol–water partition coefficient (Wildman–Crippen LogP) is 0.956. The van der Waals surface area contributed by atoms with Crippen molar-refractivity contribution in [1.29, 1.82) is 0 Å². The first-order valence-electron chi connectivity index (χ1n) is 8.83. The summed E-state index contributed by atoms with van der Waals surface area (Å²) >= 11 is 0. The van der Waals surface area contributed by atoms with Crippen LogP contribution >= 0.6 is 0 Å². The van der Waals surface area contributed by atoms with Crippen molar-refractivity contribution in [2.24, 2.45) is 0 Å². The standard InChI is InChI=1S/C18H18N8O/c27-18(13-23-8-5-14-3-1-2-4-17(14)23)24-11-16(12-24)25-9-15(21-22-25)10-26-19-6-7-20-26/h1-9,16H,10-13H2. The predicted molar refractivity (Wildman–Crippen MR) is 96.7 cm³/mol. The van der Waals surface area contributed by atoms with Gasteiger partial charge in [0.05, 0.1) is 24.6 Å². The monoisotopic (exact) mass is 362 g/mol. The Kier molecular flexibility index (Phi) is 3.70. The summed E-state index contributed by atoms with van der Waals surface area (Å²) in [5.74, 6) is 0.119. The van der Waals surface area contributed by atoms with Crippen molar-refractivity contribution in [3.8, 4) is 0 Å². The molecule has 1 aromatic carbocycles. The number of benzene rings is 1. The average molecular weight is 362 g/mol. The van der Waals surface area contributed by atoms with Crippen LogP contribution in [0, 0.1) is 0 Å². The van der Waals surface area contributed by atoms with Crippen LogP contribution in [0.5, 0.6) is 0 Å². The molecular weight excluding hydrogens is 344 g/mol. The van der Waals surface area contributed by atoms with E-state index in [1.807, 2.05) is 50.8 Å². The van der Waals surface area contributed by atoms with Crippen molar-refractivity contribution >= 4 is 16.8 Å². The molecule has 0 N–H and O–H groups in total. The molecule has 27 heavy (non-hydrogen) atoms. The maximum absolute atomic E-state index is 12.6. The third-order valence-corrected chi connectivity index (χ3v) is 4.90. The summed E-state index contributed by atoms with van der Waals surface area (Å²) in [5.41, 5.74) is 1.88. The number of nitrogens with zero attached hydrogens (tertiary/aromatic N) is 8. The summed E-state index contributed by atoms with van der Waals surface area (Å²) in [4.78, 5) is 16.0. The lowest BCUT2D eigenvalue weighted by molar-refractivity contribution is -0.137. The van der Waals surface area contributed by atoms with Gasteiger partial charge in [0.1, 0.15) is 18.8 Å². The number of para-hydroxylation sites is 1. The number of hydrogen-bond donors (Lipinski definition) is 0. The highest BCUT2D eigenvalue weighted by atomic mass is 16.2. The Morgan fingerprint density at radius 2 is 1.93 bits per heavy atom. The molecule has 0 radical (unpaired) electrons. The van der Waals surface area contributed by atoms with Crippen LogP contribution in [0.2, 0.25) is 0 Å². The highest BCUT2D eigenvalue weighted by Gasteiger charge is 2.32. The van der Waals surface area contributed by atoms with Gasteiger partial charge in [-0.15, -0.1) is 5.10 Å². The van der Waals surface area contributed by atoms with Crippen LogP contribution < -0.4 is 0 Å². The number of rotatable bonds is 5. The van der Waals surface area contributed by atoms with Crippen molar-refractivity contribution in [2.75, 3.05) is 13.1 Å². The fourth-order valence-corrected chi connectivity index (χ4v) is 3.38. The number of carbonyl (C=O) groups is 1. The zero-order chi connectivity index (χ0) is 18.2. The number of amides is 1. The molecule has 0 saturated carbocycles. The van der Waals surface area contributed by atoms with E-state index in [4.69, 9.17) is 0 Å². The molecule has 9 nitrogen and oxygen atoms in total. The second kappa shape index (κ2) is 6.35. The van der Waals surface area contributed by atoms with E-state index in [0.29, 0.717) is 26.2 Å². The normalized spacial score (nSPS) is 14.6. The lowest BCUT2D eigenvalue weighted by Gasteiger charge is -2.39. The maximum Gasteiger partial charge on any atom is 0.242 e. The molecule has 4 heterocycles. The molecule has 1 amide bonds. The quantitative estimate of drug-likeness (QED) is 0.528. The minimum absolute atomic E-state index is 0.119. The van der Waals surface area contributed by atoms with Gasteiger partial charge in [-0.1, -0.05) is 23.4 Å². The van der Waals surface area contributed by atoms with Gasteiger partial charge in [-0.25, -0.2) is 4.68 Å². The molecule has 1 saturated heterocycles. The lowest BCUT2D eigenvalue weighted by Crippen LogP contribution is -2.51. The zero-order valence-corrected chi connectivity index (χ0v) is 14.6. The molecular formula is C18H18N8O. The van der Waals surface area contributed by atoms with E-state index in [-0.39, 0.29) is 11.9 Å². The smallest absolute Gasteiger partial charge is 0.242 e. The maximum atomic E-state index is 12.6. The summed E-state index contributed by atoms with van der Waals surface area (Å²) in [6.45, 7) is 2.15. The van der Waals surface area contributed by atoms with Crippen LogP contribution in [-0.2, 0) is 17.9 Å². The molecule has 0 unspecified atom stereocenters. The van der Waals surface area contributed by atoms with Crippen molar-refractivity contribution in [2.45, 2.75) is 19.1 Å². The van der Waals surface area contributed by atoms with E-state index in [1.54, 1.807) is 17.2 Å². The van der Waals surface area contributed by atoms with Crippen LogP contribution in [0.15, 0.2) is 55.1 Å². The number of hydrogen-bond acceptors (Lipinski definition) is 5. The first-order valence-corrected chi connectivity index (χ1v) is 8.83. The highest BCUT2D eigenvalue weighted by molar-refractivity contribution is 5.83. The number of fused-ring (bicyclic) bond motifs is 1. The molecule has 1 fully saturated rings. The van der Waals surface area contributed by atoms with E-state index < -0.39 is 0 Å². The van der Waals surface area contributed by atoms with E-state index in [1.165, 1.54) is 0 Å². The molecule has 4 aromatic rings. The van der Waals surface area contributed by atoms with Crippen molar-refractivity contribution < 1.29 is 4.79 Å². The molecule has 9 heteroatoms. The van der Waals surface area contributed by atoms with Crippen molar-refractivity contribution in [3.63, 3.8) is 0 Å². The fraction of sp³-hybridized carbons (Fsp3) is 0.278. The van der Waals surface area contributed by atoms with Gasteiger partial charge in [0.25, 0.3) is 0 Å². The minimum Gasteiger partial charge on any atom is -0.338 e. The van der Waals surface area contributed by atoms with Gasteiger partial charge in [0.2, 0.25) is 5.91 Å². The van der Waals surface area contributed by atoms with E-state index in [0.717, 1.165) is 16.6 Å². The van der Waals surface area contributed by atoms with Crippen LogP contribution in [-0.4, -0.2) is 58.5 Å². The molecule has 1 aliphatic rings. The zero-order valence-electron chi connectivity index (χ0n) is 14.6. The van der Waals surface area contributed by atoms with Crippen LogP contribution in [0.3, 0.4) is 0 Å². The Morgan fingerprint density at radius 3 is 2.78 bits per heavy atom. The van der Waals surface area contributed by atoms with Gasteiger partial charge in [-0.05, 0) is 17.5 Å². The third kappa shape index (κ3) is 2.97. The first kappa shape index (κ1) is 15.7. The summed E-state index contributed by atoms with van der Waals surface area (Å²) in [7, 11) is 0. The Labute approximate surface area is 154 Å². The van der Waals surface area contributed by atoms with Crippen LogP contribution in [0.4, 0.5) is 0 Å². The van der Waals surface area contributed by atoms with Crippen molar-refractivity contribution in [1.82, 2.24) is 39.5 Å². The van der Waals surface area contributed by atoms with Gasteiger partial charge in [0.15, 0.2) is 0 Å². The first-order chi connectivity index (χ1) is 13.3. The second-order valence-corrected chi connectivity index (χ2v) is 6.70. The molecule has 3 aromatic heterocycles. The van der Waals surface area contributed by atoms with E-state index >= 15 is 0 Å². The summed E-state index contributed by atoms with van der Waals surface area (Å²) in [6.07, 6.45) is 7.13. The summed E-state index contributed by atoms with van der Waals surface area (Å²) < 4.78 is 3.82. The second-order valence-electron chi connectivity index (χ2n) is 6.70.